The average molecular weight is 234 g/mol. The van der Waals surface area contributed by atoms with Gasteiger partial charge in [-0.15, -0.1) is 0 Å². The number of hydrogen-bond acceptors (Lipinski definition) is 2. The molecular weight excluding hydrogens is 216 g/mol. The normalized spacial score (nSPS) is 16.3. The van der Waals surface area contributed by atoms with E-state index >= 15 is 0 Å². The highest BCUT2D eigenvalue weighted by Crippen LogP contribution is 2.26. The second-order valence-electron chi connectivity index (χ2n) is 4.68. The number of aliphatic hydroxyl groups excluding tert-OH is 1. The molecule has 1 aromatic carbocycles. The number of carboxylic acid groups (broad SMARTS) is 1. The largest absolute Gasteiger partial charge is 0.481 e. The van der Waals surface area contributed by atoms with Crippen molar-refractivity contribution in [3.63, 3.8) is 0 Å². The predicted octanol–water partition coefficient (Wildman–Crippen LogP) is 2.46. The summed E-state index contributed by atoms with van der Waals surface area (Å²) in [5, 5.41) is 18.5. The van der Waals surface area contributed by atoms with Gasteiger partial charge in [0.25, 0.3) is 0 Å². The van der Waals surface area contributed by atoms with Crippen LogP contribution in [0.2, 0.25) is 0 Å². The molecule has 0 fully saturated rings. The molecule has 17 heavy (non-hydrogen) atoms. The van der Waals surface area contributed by atoms with E-state index in [1.54, 1.807) is 0 Å². The third kappa shape index (κ3) is 3.07. The molecule has 3 nitrogen and oxygen atoms in total. The number of hydrogen-bond donors (Lipinski definition) is 2. The van der Waals surface area contributed by atoms with E-state index in [0.29, 0.717) is 0 Å². The Hall–Kier alpha value is -1.35. The van der Waals surface area contributed by atoms with E-state index in [-0.39, 0.29) is 12.8 Å². The van der Waals surface area contributed by atoms with Gasteiger partial charge >= 0.3 is 5.97 Å². The molecule has 2 N–H and O–H groups in total. The van der Waals surface area contributed by atoms with Crippen LogP contribution < -0.4 is 0 Å². The smallest absolute Gasteiger partial charge is 0.303 e. The van der Waals surface area contributed by atoms with Gasteiger partial charge in [0.2, 0.25) is 0 Å². The first-order chi connectivity index (χ1) is 8.16. The summed E-state index contributed by atoms with van der Waals surface area (Å²) in [6, 6.07) is 6.05. The van der Waals surface area contributed by atoms with E-state index in [9.17, 15) is 9.90 Å². The van der Waals surface area contributed by atoms with Crippen LogP contribution in [-0.2, 0) is 17.6 Å². The summed E-state index contributed by atoms with van der Waals surface area (Å²) >= 11 is 0. The van der Waals surface area contributed by atoms with E-state index in [4.69, 9.17) is 5.11 Å². The maximum absolute atomic E-state index is 10.5. The van der Waals surface area contributed by atoms with E-state index in [1.165, 1.54) is 24.0 Å². The first-order valence-electron chi connectivity index (χ1n) is 6.18. The zero-order valence-electron chi connectivity index (χ0n) is 9.85. The van der Waals surface area contributed by atoms with Crippen molar-refractivity contribution in [1.82, 2.24) is 0 Å². The lowest BCUT2D eigenvalue weighted by atomic mass is 9.89. The summed E-state index contributed by atoms with van der Waals surface area (Å²) in [6.07, 6.45) is 4.30. The maximum atomic E-state index is 10.5. The fraction of sp³-hybridized carbons (Fsp3) is 0.500. The van der Waals surface area contributed by atoms with Crippen molar-refractivity contribution < 1.29 is 15.0 Å². The van der Waals surface area contributed by atoms with Crippen LogP contribution in [0.4, 0.5) is 0 Å². The fourth-order valence-electron chi connectivity index (χ4n) is 2.39. The lowest BCUT2D eigenvalue weighted by Gasteiger charge is -2.18. The minimum atomic E-state index is -0.859. The molecular formula is C14H18O3. The van der Waals surface area contributed by atoms with Crippen LogP contribution in [0.5, 0.6) is 0 Å². The number of aryl methyl sites for hydroxylation is 2. The second kappa shape index (κ2) is 5.32. The number of carbonyl (C=O) groups is 1. The number of aliphatic carboxylic acids is 1. The van der Waals surface area contributed by atoms with Crippen LogP contribution in [0.1, 0.15) is 48.5 Å². The van der Waals surface area contributed by atoms with Crippen molar-refractivity contribution in [1.29, 1.82) is 0 Å². The average Bonchev–Trinajstić information content (AvgIpc) is 2.35. The van der Waals surface area contributed by atoms with Gasteiger partial charge in [-0.2, -0.15) is 0 Å². The van der Waals surface area contributed by atoms with Crippen molar-refractivity contribution in [3.8, 4) is 0 Å². The quantitative estimate of drug-likeness (QED) is 0.841. The second-order valence-corrected chi connectivity index (χ2v) is 4.68. The minimum Gasteiger partial charge on any atom is -0.481 e. The molecule has 2 rings (SSSR count). The summed E-state index contributed by atoms with van der Waals surface area (Å²) in [4.78, 5) is 10.5. The molecule has 0 saturated heterocycles. The lowest BCUT2D eigenvalue weighted by molar-refractivity contribution is -0.137. The summed E-state index contributed by atoms with van der Waals surface area (Å²) in [5.41, 5.74) is 3.56. The van der Waals surface area contributed by atoms with Crippen LogP contribution in [-0.4, -0.2) is 16.2 Å². The molecule has 3 heteroatoms. The molecule has 1 atom stereocenters. The number of aliphatic hydroxyl groups is 1. The Morgan fingerprint density at radius 2 is 1.94 bits per heavy atom. The highest BCUT2D eigenvalue weighted by molar-refractivity contribution is 5.66. The van der Waals surface area contributed by atoms with Crippen molar-refractivity contribution in [2.24, 2.45) is 0 Å². The standard InChI is InChI=1S/C14H18O3/c15-13(7-8-14(16)17)12-6-5-10-3-1-2-4-11(10)9-12/h5-6,9,13,15H,1-4,7-8H2,(H,16,17)/t13-/m1/s1. The molecule has 1 aliphatic rings. The van der Waals surface area contributed by atoms with Gasteiger partial charge in [0.1, 0.15) is 0 Å². The number of rotatable bonds is 4. The van der Waals surface area contributed by atoms with E-state index < -0.39 is 12.1 Å². The first-order valence-corrected chi connectivity index (χ1v) is 6.18. The van der Waals surface area contributed by atoms with E-state index in [1.807, 2.05) is 12.1 Å². The van der Waals surface area contributed by atoms with Gasteiger partial charge in [0.05, 0.1) is 6.10 Å². The van der Waals surface area contributed by atoms with Crippen LogP contribution in [0, 0.1) is 0 Å². The van der Waals surface area contributed by atoms with Gasteiger partial charge in [0.15, 0.2) is 0 Å². The van der Waals surface area contributed by atoms with Crippen LogP contribution in [0.15, 0.2) is 18.2 Å². The third-order valence-corrected chi connectivity index (χ3v) is 3.39. The molecule has 1 aromatic rings. The van der Waals surface area contributed by atoms with Crippen molar-refractivity contribution in [2.75, 3.05) is 0 Å². The molecule has 0 aromatic heterocycles. The lowest BCUT2D eigenvalue weighted by Crippen LogP contribution is -2.06. The van der Waals surface area contributed by atoms with Crippen LogP contribution in [0.25, 0.3) is 0 Å². The molecule has 0 saturated carbocycles. The van der Waals surface area contributed by atoms with Crippen LogP contribution in [0.3, 0.4) is 0 Å². The number of fused-ring (bicyclic) bond motifs is 1. The van der Waals surface area contributed by atoms with Gasteiger partial charge in [0, 0.05) is 6.42 Å². The van der Waals surface area contributed by atoms with Gasteiger partial charge in [-0.25, -0.2) is 0 Å². The van der Waals surface area contributed by atoms with Gasteiger partial charge in [-0.05, 0) is 48.8 Å². The molecule has 0 amide bonds. The van der Waals surface area contributed by atoms with Crippen LogP contribution >= 0.6 is 0 Å². The first kappa shape index (κ1) is 12.1. The monoisotopic (exact) mass is 234 g/mol. The molecule has 0 heterocycles. The fourth-order valence-corrected chi connectivity index (χ4v) is 2.39. The van der Waals surface area contributed by atoms with Crippen molar-refractivity contribution >= 4 is 5.97 Å². The van der Waals surface area contributed by atoms with E-state index in [0.717, 1.165) is 18.4 Å². The molecule has 0 unspecified atom stereocenters. The van der Waals surface area contributed by atoms with Crippen molar-refractivity contribution in [3.05, 3.63) is 34.9 Å². The number of benzene rings is 1. The van der Waals surface area contributed by atoms with Crippen molar-refractivity contribution in [2.45, 2.75) is 44.6 Å². The summed E-state index contributed by atoms with van der Waals surface area (Å²) < 4.78 is 0. The Kier molecular flexibility index (Phi) is 3.79. The molecule has 0 spiro atoms. The Morgan fingerprint density at radius 1 is 1.24 bits per heavy atom. The SMILES string of the molecule is O=C(O)CC[C@@H](O)c1ccc2c(c1)CCCC2. The molecule has 1 aliphatic carbocycles. The van der Waals surface area contributed by atoms with Gasteiger partial charge in [-0.1, -0.05) is 18.2 Å². The number of carboxylic acids is 1. The van der Waals surface area contributed by atoms with Gasteiger partial charge < -0.3 is 10.2 Å². The Labute approximate surface area is 101 Å². The molecule has 0 aliphatic heterocycles. The summed E-state index contributed by atoms with van der Waals surface area (Å²) in [6.45, 7) is 0. The van der Waals surface area contributed by atoms with Gasteiger partial charge in [-0.3, -0.25) is 4.79 Å². The Morgan fingerprint density at radius 3 is 2.65 bits per heavy atom. The third-order valence-electron chi connectivity index (χ3n) is 3.39. The van der Waals surface area contributed by atoms with E-state index in [2.05, 4.69) is 6.07 Å². The summed E-state index contributed by atoms with van der Waals surface area (Å²) in [5.74, 6) is -0.859. The molecule has 0 radical (unpaired) electrons. The zero-order chi connectivity index (χ0) is 12.3. The molecule has 92 valence electrons. The maximum Gasteiger partial charge on any atom is 0.303 e. The zero-order valence-corrected chi connectivity index (χ0v) is 9.85. The minimum absolute atomic E-state index is 0.0122. The Bertz CT molecular complexity index is 412. The molecule has 0 bridgehead atoms. The Balaban J connectivity index is 2.08. The summed E-state index contributed by atoms with van der Waals surface area (Å²) in [7, 11) is 0. The predicted molar refractivity (Wildman–Crippen MR) is 64.9 cm³/mol. The topological polar surface area (TPSA) is 57.5 Å². The highest BCUT2D eigenvalue weighted by Gasteiger charge is 2.14. The highest BCUT2D eigenvalue weighted by atomic mass is 16.4.